The average molecular weight is 291 g/mol. The molecule has 1 aromatic heterocycles. The van der Waals surface area contributed by atoms with Crippen molar-refractivity contribution in [3.05, 3.63) is 20.8 Å². The summed E-state index contributed by atoms with van der Waals surface area (Å²) in [5.74, 6) is 0. The summed E-state index contributed by atoms with van der Waals surface area (Å²) >= 11 is 5.21. The normalized spacial score (nSPS) is 15.6. The molecule has 0 aliphatic heterocycles. The van der Waals surface area contributed by atoms with Gasteiger partial charge in [-0.1, -0.05) is 6.92 Å². The third-order valence-electron chi connectivity index (χ3n) is 3.16. The minimum Gasteiger partial charge on any atom is -0.329 e. The highest BCUT2D eigenvalue weighted by Crippen LogP contribution is 2.24. The molecule has 0 aromatic carbocycles. The molecule has 0 saturated heterocycles. The van der Waals surface area contributed by atoms with Gasteiger partial charge in [-0.3, -0.25) is 4.90 Å². The SMILES string of the molecule is CCC(C)(CN)N(C)Cc1csc(Br)c1. The van der Waals surface area contributed by atoms with Gasteiger partial charge in [0.15, 0.2) is 0 Å². The first kappa shape index (κ1) is 13.2. The first-order valence-electron chi connectivity index (χ1n) is 5.16. The monoisotopic (exact) mass is 290 g/mol. The summed E-state index contributed by atoms with van der Waals surface area (Å²) in [5, 5.41) is 2.19. The van der Waals surface area contributed by atoms with Crippen molar-refractivity contribution in [3.63, 3.8) is 0 Å². The molecular formula is C11H19BrN2S. The lowest BCUT2D eigenvalue weighted by atomic mass is 9.97. The first-order chi connectivity index (χ1) is 7.01. The largest absolute Gasteiger partial charge is 0.329 e. The van der Waals surface area contributed by atoms with Crippen LogP contribution in [0.2, 0.25) is 0 Å². The Kier molecular flexibility index (Phi) is 4.77. The van der Waals surface area contributed by atoms with Crippen molar-refractivity contribution in [1.82, 2.24) is 4.90 Å². The van der Waals surface area contributed by atoms with Crippen molar-refractivity contribution in [1.29, 1.82) is 0 Å². The van der Waals surface area contributed by atoms with Gasteiger partial charge in [0.25, 0.3) is 0 Å². The summed E-state index contributed by atoms with van der Waals surface area (Å²) in [6.07, 6.45) is 1.07. The summed E-state index contributed by atoms with van der Waals surface area (Å²) in [6.45, 7) is 6.07. The van der Waals surface area contributed by atoms with Crippen LogP contribution in [0.15, 0.2) is 15.2 Å². The summed E-state index contributed by atoms with van der Waals surface area (Å²) in [7, 11) is 2.14. The van der Waals surface area contributed by atoms with E-state index in [0.717, 1.165) is 13.0 Å². The molecule has 2 nitrogen and oxygen atoms in total. The van der Waals surface area contributed by atoms with E-state index < -0.39 is 0 Å². The van der Waals surface area contributed by atoms with E-state index in [1.807, 2.05) is 0 Å². The van der Waals surface area contributed by atoms with Crippen LogP contribution in [0, 0.1) is 0 Å². The summed E-state index contributed by atoms with van der Waals surface area (Å²) in [5.41, 5.74) is 7.28. The Morgan fingerprint density at radius 2 is 2.27 bits per heavy atom. The lowest BCUT2D eigenvalue weighted by molar-refractivity contribution is 0.132. The van der Waals surface area contributed by atoms with Gasteiger partial charge >= 0.3 is 0 Å². The van der Waals surface area contributed by atoms with E-state index in [9.17, 15) is 0 Å². The zero-order chi connectivity index (χ0) is 11.5. The zero-order valence-electron chi connectivity index (χ0n) is 9.59. The maximum Gasteiger partial charge on any atom is 0.0701 e. The third kappa shape index (κ3) is 3.28. The molecule has 0 aliphatic rings. The molecule has 1 unspecified atom stereocenters. The molecule has 0 aliphatic carbocycles. The third-order valence-corrected chi connectivity index (χ3v) is 4.72. The maximum atomic E-state index is 5.83. The quantitative estimate of drug-likeness (QED) is 0.903. The van der Waals surface area contributed by atoms with E-state index >= 15 is 0 Å². The maximum absolute atomic E-state index is 5.83. The van der Waals surface area contributed by atoms with E-state index in [2.05, 4.69) is 53.2 Å². The second-order valence-electron chi connectivity index (χ2n) is 4.17. The van der Waals surface area contributed by atoms with Crippen LogP contribution in [0.25, 0.3) is 0 Å². The van der Waals surface area contributed by atoms with E-state index in [1.165, 1.54) is 9.35 Å². The van der Waals surface area contributed by atoms with E-state index in [4.69, 9.17) is 5.73 Å². The fourth-order valence-corrected chi connectivity index (χ4v) is 2.66. The van der Waals surface area contributed by atoms with Crippen molar-refractivity contribution in [2.75, 3.05) is 13.6 Å². The Morgan fingerprint density at radius 1 is 1.60 bits per heavy atom. The van der Waals surface area contributed by atoms with Crippen LogP contribution in [0.4, 0.5) is 0 Å². The number of rotatable bonds is 5. The van der Waals surface area contributed by atoms with Crippen molar-refractivity contribution in [3.8, 4) is 0 Å². The van der Waals surface area contributed by atoms with Gasteiger partial charge in [-0.15, -0.1) is 11.3 Å². The Hall–Kier alpha value is 0.100. The smallest absolute Gasteiger partial charge is 0.0701 e. The molecule has 0 bridgehead atoms. The fourth-order valence-electron chi connectivity index (χ4n) is 1.46. The average Bonchev–Trinajstić information content (AvgIpc) is 2.62. The highest BCUT2D eigenvalue weighted by molar-refractivity contribution is 9.11. The topological polar surface area (TPSA) is 29.3 Å². The predicted molar refractivity (Wildman–Crippen MR) is 71.2 cm³/mol. The standard InChI is InChI=1S/C11H19BrN2S/c1-4-11(2,8-13)14(3)6-9-5-10(12)15-7-9/h5,7H,4,6,8,13H2,1-3H3. The molecule has 0 fully saturated rings. The molecule has 1 aromatic rings. The van der Waals surface area contributed by atoms with Gasteiger partial charge in [-0.25, -0.2) is 0 Å². The molecule has 2 N–H and O–H groups in total. The molecule has 0 radical (unpaired) electrons. The van der Waals surface area contributed by atoms with Gasteiger partial charge in [-0.05, 0) is 53.3 Å². The van der Waals surface area contributed by atoms with Crippen LogP contribution in [0.1, 0.15) is 25.8 Å². The number of nitrogens with two attached hydrogens (primary N) is 1. The van der Waals surface area contributed by atoms with Crippen LogP contribution < -0.4 is 5.73 Å². The lowest BCUT2D eigenvalue weighted by Gasteiger charge is -2.37. The second kappa shape index (κ2) is 5.43. The molecule has 0 amide bonds. The van der Waals surface area contributed by atoms with Gasteiger partial charge in [0.2, 0.25) is 0 Å². The van der Waals surface area contributed by atoms with E-state index in [0.29, 0.717) is 6.54 Å². The van der Waals surface area contributed by atoms with Crippen LogP contribution >= 0.6 is 27.3 Å². The number of halogens is 1. The minimum atomic E-state index is 0.106. The molecule has 0 saturated carbocycles. The van der Waals surface area contributed by atoms with Crippen LogP contribution in [0.3, 0.4) is 0 Å². The Bertz CT molecular complexity index is 307. The van der Waals surface area contributed by atoms with Gasteiger partial charge in [0, 0.05) is 18.6 Å². The molecule has 1 atom stereocenters. The highest BCUT2D eigenvalue weighted by Gasteiger charge is 2.25. The first-order valence-corrected chi connectivity index (χ1v) is 6.83. The Balaban J connectivity index is 2.65. The summed E-state index contributed by atoms with van der Waals surface area (Å²) < 4.78 is 1.19. The summed E-state index contributed by atoms with van der Waals surface area (Å²) in [6, 6.07) is 2.17. The van der Waals surface area contributed by atoms with Crippen LogP contribution in [0.5, 0.6) is 0 Å². The molecule has 4 heteroatoms. The fraction of sp³-hybridized carbons (Fsp3) is 0.636. The molecule has 1 heterocycles. The number of nitrogens with zero attached hydrogens (tertiary/aromatic N) is 1. The van der Waals surface area contributed by atoms with Crippen LogP contribution in [-0.2, 0) is 6.54 Å². The van der Waals surface area contributed by atoms with Gasteiger partial charge < -0.3 is 5.73 Å². The second-order valence-corrected chi connectivity index (χ2v) is 6.46. The number of thiophene rings is 1. The van der Waals surface area contributed by atoms with Gasteiger partial charge in [0.05, 0.1) is 3.79 Å². The molecule has 1 rings (SSSR count). The zero-order valence-corrected chi connectivity index (χ0v) is 12.0. The number of hydrogen-bond donors (Lipinski definition) is 1. The Morgan fingerprint density at radius 3 is 2.67 bits per heavy atom. The van der Waals surface area contributed by atoms with Gasteiger partial charge in [0.1, 0.15) is 0 Å². The molecule has 0 spiro atoms. The number of hydrogen-bond acceptors (Lipinski definition) is 3. The van der Waals surface area contributed by atoms with Gasteiger partial charge in [-0.2, -0.15) is 0 Å². The summed E-state index contributed by atoms with van der Waals surface area (Å²) in [4.78, 5) is 2.33. The van der Waals surface area contributed by atoms with E-state index in [1.54, 1.807) is 11.3 Å². The number of likely N-dealkylation sites (N-methyl/N-ethyl adjacent to an activating group) is 1. The van der Waals surface area contributed by atoms with Crippen molar-refractivity contribution < 1.29 is 0 Å². The van der Waals surface area contributed by atoms with Crippen molar-refractivity contribution in [2.24, 2.45) is 5.73 Å². The lowest BCUT2D eigenvalue weighted by Crippen LogP contribution is -2.48. The molecule has 15 heavy (non-hydrogen) atoms. The van der Waals surface area contributed by atoms with Crippen LogP contribution in [-0.4, -0.2) is 24.0 Å². The Labute approximate surface area is 105 Å². The molecule has 86 valence electrons. The molecular weight excluding hydrogens is 272 g/mol. The van der Waals surface area contributed by atoms with Crippen molar-refractivity contribution >= 4 is 27.3 Å². The highest BCUT2D eigenvalue weighted by atomic mass is 79.9. The minimum absolute atomic E-state index is 0.106. The van der Waals surface area contributed by atoms with E-state index in [-0.39, 0.29) is 5.54 Å². The predicted octanol–water partition coefficient (Wildman–Crippen LogP) is 3.07. The van der Waals surface area contributed by atoms with Crippen molar-refractivity contribution in [2.45, 2.75) is 32.4 Å².